The Morgan fingerprint density at radius 1 is 1.12 bits per heavy atom. The molecule has 3 rings (SSSR count). The van der Waals surface area contributed by atoms with Crippen LogP contribution in [0.2, 0.25) is 0 Å². The monoisotopic (exact) mass is 372 g/mol. The molecule has 1 aliphatic heterocycles. The van der Waals surface area contributed by atoms with Crippen LogP contribution in [0, 0.1) is 0 Å². The number of hydrogen-bond donors (Lipinski definition) is 1. The highest BCUT2D eigenvalue weighted by atomic mass is 32.2. The lowest BCUT2D eigenvalue weighted by atomic mass is 9.96. The minimum absolute atomic E-state index is 0.164. The van der Waals surface area contributed by atoms with Crippen LogP contribution in [0.15, 0.2) is 35.4 Å². The molecular weight excluding hydrogens is 342 g/mol. The average Bonchev–Trinajstić information content (AvgIpc) is 2.64. The Morgan fingerprint density at radius 3 is 2.54 bits per heavy atom. The fourth-order valence-corrected chi connectivity index (χ4v) is 4.34. The van der Waals surface area contributed by atoms with Crippen molar-refractivity contribution < 1.29 is 9.64 Å². The topological polar surface area (TPSA) is 39.5 Å². The summed E-state index contributed by atoms with van der Waals surface area (Å²) >= 11 is 1.85. The second kappa shape index (κ2) is 8.51. The fraction of sp³-hybridized carbons (Fsp3) is 0.524. The number of fused-ring (bicyclic) bond motifs is 1. The van der Waals surface area contributed by atoms with Crippen LogP contribution in [-0.4, -0.2) is 41.0 Å². The standard InChI is InChI=1S/C21H29N3OS/c1-5-24(6-2)12-13-26-20-17-15-25-21(3,4)14-18(17)22-19(23-20)16-10-8-7-9-11-16/h7-11H,5-6,12-15H2,1-4H3/p+1. The third kappa shape index (κ3) is 4.64. The summed E-state index contributed by atoms with van der Waals surface area (Å²) in [4.78, 5) is 11.4. The van der Waals surface area contributed by atoms with E-state index in [1.54, 1.807) is 4.90 Å². The minimum Gasteiger partial charge on any atom is -0.370 e. The molecule has 140 valence electrons. The smallest absolute Gasteiger partial charge is 0.160 e. The van der Waals surface area contributed by atoms with E-state index < -0.39 is 0 Å². The first kappa shape index (κ1) is 19.3. The number of benzene rings is 1. The van der Waals surface area contributed by atoms with Crippen molar-refractivity contribution in [2.24, 2.45) is 0 Å². The Morgan fingerprint density at radius 2 is 1.85 bits per heavy atom. The molecule has 0 radical (unpaired) electrons. The molecule has 0 spiro atoms. The summed E-state index contributed by atoms with van der Waals surface area (Å²) in [6.07, 6.45) is 0.833. The van der Waals surface area contributed by atoms with Crippen LogP contribution in [0.1, 0.15) is 39.0 Å². The van der Waals surface area contributed by atoms with Gasteiger partial charge in [0.1, 0.15) is 5.03 Å². The van der Waals surface area contributed by atoms with E-state index in [-0.39, 0.29) is 5.60 Å². The molecule has 0 amide bonds. The number of rotatable bonds is 7. The van der Waals surface area contributed by atoms with E-state index in [2.05, 4.69) is 39.8 Å². The predicted molar refractivity (Wildman–Crippen MR) is 108 cm³/mol. The average molecular weight is 373 g/mol. The molecule has 1 aromatic carbocycles. The molecule has 4 nitrogen and oxygen atoms in total. The molecule has 0 saturated heterocycles. The molecule has 0 saturated carbocycles. The molecule has 0 atom stereocenters. The van der Waals surface area contributed by atoms with Gasteiger partial charge in [-0.2, -0.15) is 0 Å². The van der Waals surface area contributed by atoms with Crippen molar-refractivity contribution in [1.29, 1.82) is 0 Å². The molecule has 1 N–H and O–H groups in total. The first-order chi connectivity index (χ1) is 12.5. The second-order valence-electron chi connectivity index (χ2n) is 7.42. The molecule has 0 bridgehead atoms. The lowest BCUT2D eigenvalue weighted by Gasteiger charge is -2.32. The van der Waals surface area contributed by atoms with Gasteiger partial charge in [-0.15, -0.1) is 11.8 Å². The molecule has 26 heavy (non-hydrogen) atoms. The molecule has 1 aliphatic rings. The Hall–Kier alpha value is -1.43. The predicted octanol–water partition coefficient (Wildman–Crippen LogP) is 3.01. The van der Waals surface area contributed by atoms with Crippen LogP contribution in [0.5, 0.6) is 0 Å². The Labute approximate surface area is 161 Å². The Bertz CT molecular complexity index is 730. The number of nitrogens with one attached hydrogen (secondary N) is 1. The molecule has 0 fully saturated rings. The maximum absolute atomic E-state index is 6.05. The van der Waals surface area contributed by atoms with Crippen molar-refractivity contribution in [3.05, 3.63) is 41.6 Å². The molecule has 0 unspecified atom stereocenters. The van der Waals surface area contributed by atoms with Crippen LogP contribution in [0.4, 0.5) is 0 Å². The van der Waals surface area contributed by atoms with Gasteiger partial charge in [-0.1, -0.05) is 30.3 Å². The number of aromatic nitrogens is 2. The molecule has 0 aliphatic carbocycles. The Kier molecular flexibility index (Phi) is 6.33. The number of hydrogen-bond acceptors (Lipinski definition) is 4. The van der Waals surface area contributed by atoms with Crippen LogP contribution in [0.3, 0.4) is 0 Å². The van der Waals surface area contributed by atoms with Crippen LogP contribution < -0.4 is 4.90 Å². The first-order valence-electron chi connectivity index (χ1n) is 9.58. The van der Waals surface area contributed by atoms with Crippen molar-refractivity contribution in [3.8, 4) is 11.4 Å². The van der Waals surface area contributed by atoms with Gasteiger partial charge in [0.2, 0.25) is 0 Å². The van der Waals surface area contributed by atoms with Crippen LogP contribution in [-0.2, 0) is 17.8 Å². The van der Waals surface area contributed by atoms with E-state index >= 15 is 0 Å². The number of quaternary nitrogens is 1. The minimum atomic E-state index is -0.164. The van der Waals surface area contributed by atoms with Gasteiger partial charge < -0.3 is 9.64 Å². The molecule has 2 aromatic rings. The van der Waals surface area contributed by atoms with Gasteiger partial charge in [-0.05, 0) is 27.7 Å². The lowest BCUT2D eigenvalue weighted by molar-refractivity contribution is -0.893. The molecular formula is C21H30N3OS+. The second-order valence-corrected chi connectivity index (χ2v) is 8.51. The van der Waals surface area contributed by atoms with E-state index in [0.29, 0.717) is 6.61 Å². The largest absolute Gasteiger partial charge is 0.370 e. The Balaban J connectivity index is 1.89. The maximum Gasteiger partial charge on any atom is 0.160 e. The van der Waals surface area contributed by atoms with Gasteiger partial charge in [0, 0.05) is 23.3 Å². The molecule has 1 aromatic heterocycles. The van der Waals surface area contributed by atoms with Gasteiger partial charge in [-0.25, -0.2) is 9.97 Å². The molecule has 2 heterocycles. The van der Waals surface area contributed by atoms with Crippen LogP contribution >= 0.6 is 11.8 Å². The van der Waals surface area contributed by atoms with E-state index in [1.165, 1.54) is 18.7 Å². The van der Waals surface area contributed by atoms with Gasteiger partial charge >= 0.3 is 0 Å². The van der Waals surface area contributed by atoms with E-state index in [0.717, 1.165) is 40.8 Å². The summed E-state index contributed by atoms with van der Waals surface area (Å²) in [5.41, 5.74) is 3.25. The summed E-state index contributed by atoms with van der Waals surface area (Å²) in [6.45, 7) is 12.9. The van der Waals surface area contributed by atoms with Crippen molar-refractivity contribution in [3.63, 3.8) is 0 Å². The summed E-state index contributed by atoms with van der Waals surface area (Å²) in [7, 11) is 0. The summed E-state index contributed by atoms with van der Waals surface area (Å²) in [5, 5.41) is 1.09. The quantitative estimate of drug-likeness (QED) is 0.599. The summed E-state index contributed by atoms with van der Waals surface area (Å²) in [5.74, 6) is 1.90. The number of thioether (sulfide) groups is 1. The third-order valence-corrected chi connectivity index (χ3v) is 6.00. The van der Waals surface area contributed by atoms with Gasteiger partial charge in [0.25, 0.3) is 0 Å². The third-order valence-electron chi connectivity index (χ3n) is 4.98. The van der Waals surface area contributed by atoms with E-state index in [4.69, 9.17) is 14.7 Å². The highest BCUT2D eigenvalue weighted by molar-refractivity contribution is 7.99. The zero-order chi connectivity index (χ0) is 18.6. The number of ether oxygens (including phenoxy) is 1. The van der Waals surface area contributed by atoms with Gasteiger partial charge in [0.15, 0.2) is 5.82 Å². The maximum atomic E-state index is 6.05. The molecule has 5 heteroatoms. The van der Waals surface area contributed by atoms with Crippen molar-refractivity contribution in [2.75, 3.05) is 25.4 Å². The number of nitrogens with zero attached hydrogens (tertiary/aromatic N) is 2. The lowest BCUT2D eigenvalue weighted by Crippen LogP contribution is -3.11. The zero-order valence-corrected chi connectivity index (χ0v) is 17.2. The fourth-order valence-electron chi connectivity index (χ4n) is 3.25. The highest BCUT2D eigenvalue weighted by Gasteiger charge is 2.30. The van der Waals surface area contributed by atoms with Gasteiger partial charge in [0.05, 0.1) is 37.5 Å². The van der Waals surface area contributed by atoms with Crippen molar-refractivity contribution in [1.82, 2.24) is 9.97 Å². The van der Waals surface area contributed by atoms with Crippen LogP contribution in [0.25, 0.3) is 11.4 Å². The van der Waals surface area contributed by atoms with Crippen molar-refractivity contribution in [2.45, 2.75) is 51.3 Å². The summed E-state index contributed by atoms with van der Waals surface area (Å²) < 4.78 is 6.05. The van der Waals surface area contributed by atoms with E-state index in [9.17, 15) is 0 Å². The normalized spacial score (nSPS) is 15.9. The zero-order valence-electron chi connectivity index (χ0n) is 16.3. The first-order valence-corrected chi connectivity index (χ1v) is 10.6. The van der Waals surface area contributed by atoms with E-state index in [1.807, 2.05) is 30.0 Å². The van der Waals surface area contributed by atoms with Crippen molar-refractivity contribution >= 4 is 11.8 Å². The summed E-state index contributed by atoms with van der Waals surface area (Å²) in [6, 6.07) is 10.3. The van der Waals surface area contributed by atoms with Gasteiger partial charge in [-0.3, -0.25) is 0 Å². The SMILES string of the molecule is CC[NH+](CC)CCSc1nc(-c2ccccc2)nc2c1COC(C)(C)C2. The highest BCUT2D eigenvalue weighted by Crippen LogP contribution is 2.33.